The largest absolute Gasteiger partial charge is 0.508 e. The summed E-state index contributed by atoms with van der Waals surface area (Å²) in [5, 5.41) is 0. The minimum absolute atomic E-state index is 0.632. The number of nitrogens with zero attached hydrogens (tertiary/aromatic N) is 7. The van der Waals surface area contributed by atoms with E-state index in [2.05, 4.69) is 0 Å². The van der Waals surface area contributed by atoms with Gasteiger partial charge in [-0.2, -0.15) is 0 Å². The fourth-order valence-electron chi connectivity index (χ4n) is 13.5. The lowest BCUT2D eigenvalue weighted by Crippen LogP contribution is -2.63. The molecule has 55 heteroatoms. The molecule has 12 heterocycles. The maximum Gasteiger partial charge on any atom is 0.508 e. The normalized spacial score (nSPS) is 21.4. The minimum atomic E-state index is -2.15. The van der Waals surface area contributed by atoms with Crippen molar-refractivity contribution in [2.24, 2.45) is 0 Å². The average Bonchev–Trinajstić information content (AvgIpc) is 0.817. The lowest BCUT2D eigenvalue weighted by Gasteiger charge is -2.44. The average molecular weight is 1700 g/mol. The molecular weight excluding hydrogens is 1620 g/mol. The Balaban J connectivity index is 1.02. The first-order valence-corrected chi connectivity index (χ1v) is 35.9. The van der Waals surface area contributed by atoms with Crippen molar-refractivity contribution in [3.8, 4) is 0 Å². The maximum absolute atomic E-state index is 15.4. The molecule has 0 atom stereocenters. The van der Waals surface area contributed by atoms with E-state index in [-0.39, 0.29) is 0 Å². The van der Waals surface area contributed by atoms with Crippen LogP contribution in [0.25, 0.3) is 0 Å². The van der Waals surface area contributed by atoms with Gasteiger partial charge in [0, 0.05) is 0 Å². The van der Waals surface area contributed by atoms with Crippen LogP contribution in [0, 0.1) is 0 Å². The smallest absolute Gasteiger partial charge is 0.448 e. The van der Waals surface area contributed by atoms with E-state index in [4.69, 9.17) is 142 Å². The fraction of sp³-hybridized carbons (Fsp3) is 0.714. The van der Waals surface area contributed by atoms with Crippen LogP contribution in [0.4, 0.5) is 86.3 Å². The van der Waals surface area contributed by atoms with Gasteiger partial charge < -0.3 is 142 Å². The van der Waals surface area contributed by atoms with Gasteiger partial charge in [-0.05, 0) is 0 Å². The Morgan fingerprint density at radius 1 is 0.186 bits per heavy atom. The summed E-state index contributed by atoms with van der Waals surface area (Å²) < 4.78 is 161. The summed E-state index contributed by atoms with van der Waals surface area (Å²) in [6.07, 6.45) is -23.0. The lowest BCUT2D eigenvalue weighted by atomic mass is 10.1. The van der Waals surface area contributed by atoms with Gasteiger partial charge in [-0.15, -0.1) is 0 Å². The third-order valence-corrected chi connectivity index (χ3v) is 19.1. The molecule has 0 aliphatic carbocycles. The van der Waals surface area contributed by atoms with Crippen LogP contribution >= 0.6 is 0 Å². The molecule has 0 aromatic carbocycles. The van der Waals surface area contributed by atoms with Gasteiger partial charge in [-0.3, -0.25) is 34.3 Å². The molecule has 12 saturated heterocycles. The van der Waals surface area contributed by atoms with Crippen LogP contribution < -0.4 is 0 Å². The molecule has 0 radical (unpaired) electrons. The van der Waals surface area contributed by atoms with Crippen molar-refractivity contribution in [2.75, 3.05) is 198 Å². The Labute approximate surface area is 660 Å². The fourth-order valence-corrected chi connectivity index (χ4v) is 13.5. The highest BCUT2D eigenvalue weighted by atomic mass is 16.8. The van der Waals surface area contributed by atoms with E-state index in [0.717, 1.165) is 34.3 Å². The molecule has 650 valence electrons. The molecule has 0 unspecified atom stereocenters. The van der Waals surface area contributed by atoms with Crippen LogP contribution in [0.1, 0.15) is 0 Å². The summed E-state index contributed by atoms with van der Waals surface area (Å²) in [5.41, 5.74) is 0. The Morgan fingerprint density at radius 3 is 0.356 bits per heavy atom. The SMILES string of the molecule is O=C1OCC(N(C(=O)OCC(COC(=O)N(C2COC(=O)OC2)C2COC(=O)OC2)N(C(COC(=O)N(C2COC(=O)OC2)C2COC(=O)OC2)COC(=O)N(C2COC(=O)OC2)C2COC(=O)OC2)C(COC(=O)N(C2COC(=O)OC2)C2COC(=O)OC2)COC(=O)N(C2COC(=O)OC2)C2COC(=O)OC2)C2COC(=O)OC2)CO1. The predicted octanol–water partition coefficient (Wildman–Crippen LogP) is -0.549. The standard InChI is InChI=1S/C63H75N7O48/c71-46(65(34-7-95-52(77)96-8-34)35-9-97-53(78)98-10-35)89-1-31(2-90-47(72)66(36-11-99-54(79)100-12-36)37-13-101-55(80)102-14-37)64(32(3-91-48(73)67(38-15-103-56(81)104-16-38)39-17-105-57(82)106-18-39)4-92-49(74)68(40-19-107-58(83)108-20-40)41-21-109-59(84)110-22-41)33(5-93-50(75)69(42-23-111-60(85)112-24-42)43-25-113-61(86)114-26-43)6-94-51(76)70(44-27-115-62(87)116-28-44)45-29-117-63(88)118-30-45/h31-45H,1-30H2. The van der Waals surface area contributed by atoms with Crippen molar-refractivity contribution in [3.63, 3.8) is 0 Å². The molecule has 12 fully saturated rings. The highest BCUT2D eigenvalue weighted by Gasteiger charge is 2.50. The van der Waals surface area contributed by atoms with Crippen molar-refractivity contribution in [3.05, 3.63) is 0 Å². The summed E-state index contributed by atoms with van der Waals surface area (Å²) in [6.45, 7) is -22.9. The summed E-state index contributed by atoms with van der Waals surface area (Å²) >= 11 is 0. The van der Waals surface area contributed by atoms with Crippen molar-refractivity contribution in [1.29, 1.82) is 0 Å². The molecule has 12 rings (SSSR count). The number of hydrogen-bond acceptors (Lipinski definition) is 49. The minimum Gasteiger partial charge on any atom is -0.448 e. The van der Waals surface area contributed by atoms with E-state index >= 15 is 28.8 Å². The summed E-state index contributed by atoms with van der Waals surface area (Å²) in [5.74, 6) is 0. The molecule has 0 aromatic heterocycles. The second-order valence-corrected chi connectivity index (χ2v) is 26.6. The number of amides is 6. The number of rotatable bonds is 27. The Bertz CT molecular complexity index is 2870. The molecule has 0 aromatic rings. The zero-order valence-corrected chi connectivity index (χ0v) is 61.6. The second-order valence-electron chi connectivity index (χ2n) is 26.6. The van der Waals surface area contributed by atoms with Gasteiger partial charge in [0.05, 0.1) is 18.1 Å². The summed E-state index contributed by atoms with van der Waals surface area (Å²) in [4.78, 5) is 248. The summed E-state index contributed by atoms with van der Waals surface area (Å²) in [6, 6.07) is -22.6. The highest BCUT2D eigenvalue weighted by molar-refractivity contribution is 5.75. The maximum atomic E-state index is 15.4. The van der Waals surface area contributed by atoms with Gasteiger partial charge in [0.15, 0.2) is 0 Å². The van der Waals surface area contributed by atoms with Gasteiger partial charge in [0.2, 0.25) is 0 Å². The number of carbonyl (C=O) groups excluding carboxylic acids is 18. The first kappa shape index (κ1) is 84.2. The van der Waals surface area contributed by atoms with Crippen molar-refractivity contribution in [2.45, 2.75) is 90.6 Å². The zero-order chi connectivity index (χ0) is 83.5. The first-order chi connectivity index (χ1) is 56.9. The molecule has 0 bridgehead atoms. The topological polar surface area (TPSA) is 607 Å². The van der Waals surface area contributed by atoms with E-state index in [1.807, 2.05) is 0 Å². The highest BCUT2D eigenvalue weighted by Crippen LogP contribution is 2.29. The first-order valence-electron chi connectivity index (χ1n) is 35.9. The Kier molecular flexibility index (Phi) is 28.2. The van der Waals surface area contributed by atoms with Gasteiger partial charge in [0.1, 0.15) is 271 Å². The van der Waals surface area contributed by atoms with E-state index < -0.39 is 399 Å². The number of carbonyl (C=O) groups is 18. The van der Waals surface area contributed by atoms with E-state index in [1.54, 1.807) is 0 Å². The molecule has 12 aliphatic rings. The quantitative estimate of drug-likeness (QED) is 0.0735. The van der Waals surface area contributed by atoms with Gasteiger partial charge in [0.25, 0.3) is 0 Å². The zero-order valence-electron chi connectivity index (χ0n) is 61.6. The molecule has 0 saturated carbocycles. The van der Waals surface area contributed by atoms with Crippen molar-refractivity contribution >= 4 is 110 Å². The Hall–Kier alpha value is -13.2. The molecule has 55 nitrogen and oxygen atoms in total. The van der Waals surface area contributed by atoms with Gasteiger partial charge in [-0.1, -0.05) is 0 Å². The van der Waals surface area contributed by atoms with Crippen LogP contribution in [-0.2, 0) is 142 Å². The molecule has 6 amide bonds. The van der Waals surface area contributed by atoms with Gasteiger partial charge in [-0.25, -0.2) is 86.3 Å². The second kappa shape index (κ2) is 39.4. The van der Waals surface area contributed by atoms with E-state index in [9.17, 15) is 57.5 Å². The third-order valence-electron chi connectivity index (χ3n) is 19.1. The number of hydrogen-bond donors (Lipinski definition) is 0. The monoisotopic (exact) mass is 1700 g/mol. The van der Waals surface area contributed by atoms with Gasteiger partial charge >= 0.3 is 110 Å². The van der Waals surface area contributed by atoms with Crippen molar-refractivity contribution < 1.29 is 228 Å². The molecule has 118 heavy (non-hydrogen) atoms. The van der Waals surface area contributed by atoms with Crippen LogP contribution in [0.2, 0.25) is 0 Å². The Morgan fingerprint density at radius 2 is 0.271 bits per heavy atom. The molecule has 12 aliphatic heterocycles. The third kappa shape index (κ3) is 21.9. The predicted molar refractivity (Wildman–Crippen MR) is 345 cm³/mol. The molecule has 0 spiro atoms. The number of ether oxygens (including phenoxy) is 30. The molecular formula is C63H75N7O48. The van der Waals surface area contributed by atoms with E-state index in [0.29, 0.717) is 0 Å². The van der Waals surface area contributed by atoms with Crippen LogP contribution in [0.3, 0.4) is 0 Å². The van der Waals surface area contributed by atoms with Crippen LogP contribution in [0.5, 0.6) is 0 Å². The van der Waals surface area contributed by atoms with Crippen molar-refractivity contribution in [1.82, 2.24) is 34.3 Å². The van der Waals surface area contributed by atoms with E-state index in [1.165, 1.54) is 0 Å². The molecule has 0 N–H and O–H groups in total. The van der Waals surface area contributed by atoms with Crippen LogP contribution in [0.15, 0.2) is 0 Å². The summed E-state index contributed by atoms with van der Waals surface area (Å²) in [7, 11) is 0. The van der Waals surface area contributed by atoms with Crippen LogP contribution in [-0.4, -0.2) is 434 Å². The lowest BCUT2D eigenvalue weighted by molar-refractivity contribution is -0.105. The number of cyclic esters (lactones) is 24.